The summed E-state index contributed by atoms with van der Waals surface area (Å²) in [5, 5.41) is 10.6. The predicted molar refractivity (Wildman–Crippen MR) is 285 cm³/mol. The molecular weight excluding hydrogens is 828 g/mol. The van der Waals surface area contributed by atoms with Crippen LogP contribution < -0.4 is 41.4 Å². The molecule has 3 nitrogen and oxygen atoms in total. The van der Waals surface area contributed by atoms with E-state index < -0.39 is 8.07 Å². The topological polar surface area (TPSA) is 19.6 Å². The molecule has 67 heavy (non-hydrogen) atoms. The molecule has 0 aliphatic carbocycles. The molecule has 0 unspecified atom stereocenters. The molecule has 10 aromatic carbocycles. The van der Waals surface area contributed by atoms with Gasteiger partial charge < -0.3 is 14.1 Å². The summed E-state index contributed by atoms with van der Waals surface area (Å²) < 4.78 is 6.87. The molecule has 0 fully saturated rings. The fourth-order valence-electron chi connectivity index (χ4n) is 12.8. The van der Waals surface area contributed by atoms with Crippen molar-refractivity contribution in [1.29, 1.82) is 0 Å². The first-order chi connectivity index (χ1) is 32.9. The molecular formula is C62H43BN2OSi. The third-order valence-corrected chi connectivity index (χ3v) is 20.5. The predicted octanol–water partition coefficient (Wildman–Crippen LogP) is 12.1. The maximum Gasteiger partial charge on any atom is 0.333 e. The molecule has 0 radical (unpaired) electrons. The number of fused-ring (bicyclic) bond motifs is 18. The van der Waals surface area contributed by atoms with Gasteiger partial charge >= 0.3 is 6.85 Å². The average molecular weight is 871 g/mol. The standard InChI is InChI=1S/C62H43BN2OSi/c1-62(2,3)40-32-33-49(46(35-40)38-18-5-4-6-19-38)64-51-36-47-42-22-9-13-27-53(42)66-54(47)37-48(51)63-60-52(64)34-39-20-7-8-21-41(39)59(60)45-25-17-31-58-61(45)65(63)50-26-12-16-30-57(50)67(58)55-28-14-10-23-43(55)44-24-11-15-29-56(44)67/h4-37H,1-3H3. The lowest BCUT2D eigenvalue weighted by atomic mass is 9.43. The van der Waals surface area contributed by atoms with Crippen molar-refractivity contribution in [3.8, 4) is 33.4 Å². The molecule has 15 rings (SSSR count). The van der Waals surface area contributed by atoms with E-state index in [9.17, 15) is 0 Å². The second-order valence-corrected chi connectivity index (χ2v) is 23.6. The highest BCUT2D eigenvalue weighted by molar-refractivity contribution is 7.24. The minimum absolute atomic E-state index is 0.0406. The SMILES string of the molecule is CC(C)(C)c1ccc(N2c3cc4c(cc3B3c5c2cc2ccccc2c5-c2cccc5c2N3c2ccccc2[Si]52c3ccccc3-c3ccccc32)oc2ccccc24)c(-c2ccccc2)c1. The van der Waals surface area contributed by atoms with Gasteiger partial charge in [0.05, 0.1) is 5.69 Å². The zero-order valence-electron chi connectivity index (χ0n) is 37.5. The van der Waals surface area contributed by atoms with E-state index in [2.05, 4.69) is 237 Å². The number of para-hydroxylation sites is 3. The quantitative estimate of drug-likeness (QED) is 0.161. The van der Waals surface area contributed by atoms with Crippen molar-refractivity contribution < 1.29 is 4.42 Å². The molecule has 314 valence electrons. The van der Waals surface area contributed by atoms with E-state index in [-0.39, 0.29) is 12.3 Å². The van der Waals surface area contributed by atoms with Gasteiger partial charge in [-0.25, -0.2) is 0 Å². The van der Waals surface area contributed by atoms with Crippen LogP contribution in [0.4, 0.5) is 28.4 Å². The number of anilines is 5. The van der Waals surface area contributed by atoms with Gasteiger partial charge in [0.1, 0.15) is 11.2 Å². The van der Waals surface area contributed by atoms with Crippen LogP contribution in [0.5, 0.6) is 0 Å². The summed E-state index contributed by atoms with van der Waals surface area (Å²) in [5.74, 6) is 0. The fourth-order valence-corrected chi connectivity index (χ4v) is 18.4. The lowest BCUT2D eigenvalue weighted by Crippen LogP contribution is -2.78. The first-order valence-corrected chi connectivity index (χ1v) is 25.6. The van der Waals surface area contributed by atoms with Crippen LogP contribution >= 0.6 is 0 Å². The van der Waals surface area contributed by atoms with Crippen LogP contribution in [0.2, 0.25) is 0 Å². The molecule has 5 heterocycles. The Morgan fingerprint density at radius 1 is 0.448 bits per heavy atom. The fraction of sp³-hybridized carbons (Fsp3) is 0.0645. The number of furan rings is 1. The Kier molecular flexibility index (Phi) is 7.34. The highest BCUT2D eigenvalue weighted by Crippen LogP contribution is 2.53. The third kappa shape index (κ3) is 4.76. The molecule has 0 bridgehead atoms. The Morgan fingerprint density at radius 3 is 1.90 bits per heavy atom. The summed E-state index contributed by atoms with van der Waals surface area (Å²) in [4.78, 5) is 5.37. The molecule has 0 saturated carbocycles. The normalized spacial score (nSPS) is 14.5. The zero-order chi connectivity index (χ0) is 44.3. The Bertz CT molecular complexity index is 3910. The highest BCUT2D eigenvalue weighted by Gasteiger charge is 2.58. The summed E-state index contributed by atoms with van der Waals surface area (Å²) in [7, 11) is -2.84. The van der Waals surface area contributed by atoms with Crippen molar-refractivity contribution in [3.63, 3.8) is 0 Å². The van der Waals surface area contributed by atoms with E-state index in [1.165, 1.54) is 104 Å². The Labute approximate surface area is 391 Å². The minimum Gasteiger partial charge on any atom is -0.456 e. The van der Waals surface area contributed by atoms with E-state index >= 15 is 0 Å². The molecule has 1 aromatic heterocycles. The van der Waals surface area contributed by atoms with Crippen molar-refractivity contribution in [2.45, 2.75) is 26.2 Å². The maximum absolute atomic E-state index is 6.87. The Hall–Kier alpha value is -7.86. The van der Waals surface area contributed by atoms with E-state index in [0.717, 1.165) is 27.6 Å². The Morgan fingerprint density at radius 2 is 1.10 bits per heavy atom. The van der Waals surface area contributed by atoms with Gasteiger partial charge in [0.2, 0.25) is 0 Å². The molecule has 0 amide bonds. The van der Waals surface area contributed by atoms with Crippen LogP contribution in [0, 0.1) is 0 Å². The summed E-state index contributed by atoms with van der Waals surface area (Å²) in [5.41, 5.74) is 19.6. The maximum atomic E-state index is 6.87. The monoisotopic (exact) mass is 870 g/mol. The van der Waals surface area contributed by atoms with Gasteiger partial charge in [0.25, 0.3) is 0 Å². The van der Waals surface area contributed by atoms with Crippen molar-refractivity contribution in [2.24, 2.45) is 0 Å². The molecule has 1 spiro atoms. The zero-order valence-corrected chi connectivity index (χ0v) is 38.5. The second-order valence-electron chi connectivity index (χ2n) is 19.9. The summed E-state index contributed by atoms with van der Waals surface area (Å²) in [6.45, 7) is 6.78. The number of hydrogen-bond acceptors (Lipinski definition) is 3. The first-order valence-electron chi connectivity index (χ1n) is 23.6. The lowest BCUT2D eigenvalue weighted by molar-refractivity contribution is 0.590. The molecule has 0 atom stereocenters. The minimum atomic E-state index is -2.84. The molecule has 5 heteroatoms. The second kappa shape index (κ2) is 13.2. The lowest BCUT2D eigenvalue weighted by Gasteiger charge is -2.52. The first kappa shape index (κ1) is 37.4. The summed E-state index contributed by atoms with van der Waals surface area (Å²) >= 11 is 0. The molecule has 0 saturated heterocycles. The van der Waals surface area contributed by atoms with E-state index in [1.807, 2.05) is 0 Å². The van der Waals surface area contributed by atoms with Gasteiger partial charge in [-0.05, 0) is 118 Å². The average Bonchev–Trinajstić information content (AvgIpc) is 3.88. The summed E-state index contributed by atoms with van der Waals surface area (Å²) in [6.07, 6.45) is 0. The molecule has 4 aliphatic heterocycles. The smallest absolute Gasteiger partial charge is 0.333 e. The van der Waals surface area contributed by atoms with Crippen LogP contribution in [-0.2, 0) is 5.41 Å². The van der Waals surface area contributed by atoms with Gasteiger partial charge in [-0.2, -0.15) is 0 Å². The number of hydrogen-bond donors (Lipinski definition) is 0. The number of nitrogens with zero attached hydrogens (tertiary/aromatic N) is 2. The van der Waals surface area contributed by atoms with Crippen LogP contribution in [0.3, 0.4) is 0 Å². The van der Waals surface area contributed by atoms with Crippen molar-refractivity contribution >= 4 is 108 Å². The molecule has 11 aromatic rings. The van der Waals surface area contributed by atoms with Crippen molar-refractivity contribution in [1.82, 2.24) is 0 Å². The van der Waals surface area contributed by atoms with E-state index in [0.29, 0.717) is 0 Å². The number of benzene rings is 10. The van der Waals surface area contributed by atoms with Crippen LogP contribution in [-0.4, -0.2) is 14.9 Å². The van der Waals surface area contributed by atoms with Crippen LogP contribution in [0.25, 0.3) is 66.1 Å². The molecule has 0 N–H and O–H groups in total. The number of rotatable bonds is 2. The van der Waals surface area contributed by atoms with Crippen molar-refractivity contribution in [3.05, 3.63) is 212 Å². The van der Waals surface area contributed by atoms with E-state index in [4.69, 9.17) is 4.42 Å². The van der Waals surface area contributed by atoms with Gasteiger partial charge in [0, 0.05) is 44.6 Å². The van der Waals surface area contributed by atoms with Crippen molar-refractivity contribution in [2.75, 3.05) is 9.71 Å². The van der Waals surface area contributed by atoms with Gasteiger partial charge in [-0.1, -0.05) is 185 Å². The highest BCUT2D eigenvalue weighted by atomic mass is 28.3. The van der Waals surface area contributed by atoms with Gasteiger partial charge in [-0.3, -0.25) is 0 Å². The van der Waals surface area contributed by atoms with Gasteiger partial charge in [0.15, 0.2) is 8.07 Å². The third-order valence-electron chi connectivity index (χ3n) is 15.6. The molecule has 4 aliphatic rings. The van der Waals surface area contributed by atoms with Crippen LogP contribution in [0.1, 0.15) is 26.3 Å². The van der Waals surface area contributed by atoms with Gasteiger partial charge in [-0.15, -0.1) is 0 Å². The van der Waals surface area contributed by atoms with Crippen LogP contribution in [0.15, 0.2) is 211 Å². The summed E-state index contributed by atoms with van der Waals surface area (Å²) in [6, 6.07) is 78.4. The Balaban J connectivity index is 1.13. The van der Waals surface area contributed by atoms with E-state index in [1.54, 1.807) is 0 Å². The largest absolute Gasteiger partial charge is 0.456 e.